The van der Waals surface area contributed by atoms with Crippen molar-refractivity contribution in [2.75, 3.05) is 57.3 Å². The Hall–Kier alpha value is -5.30. The number of nitrogens with zero attached hydrogens (tertiary/aromatic N) is 5. The minimum Gasteiger partial charge on any atom is -0.494 e. The first-order chi connectivity index (χ1) is 21.5. The predicted octanol–water partition coefficient (Wildman–Crippen LogP) is 4.96. The van der Waals surface area contributed by atoms with Crippen LogP contribution in [0.4, 0.5) is 31.8 Å². The Kier molecular flexibility index (Phi) is 10.5. The Bertz CT molecular complexity index is 1740. The molecule has 0 aliphatic rings. The Labute approximate surface area is 259 Å². The van der Waals surface area contributed by atoms with E-state index in [0.29, 0.717) is 44.8 Å². The first-order valence-electron chi connectivity index (χ1n) is 13.9. The Balaban J connectivity index is 1.65. The van der Waals surface area contributed by atoms with Crippen molar-refractivity contribution in [2.45, 2.75) is 13.0 Å². The predicted molar refractivity (Wildman–Crippen MR) is 172 cm³/mol. The molecule has 0 saturated heterocycles. The molecule has 0 spiro atoms. The monoisotopic (exact) mass is 619 g/mol. The van der Waals surface area contributed by atoms with Crippen LogP contribution in [0.5, 0.6) is 5.75 Å². The van der Waals surface area contributed by atoms with E-state index in [1.807, 2.05) is 32.1 Å². The number of hydrogen-bond acceptors (Lipinski definition) is 10. The smallest absolute Gasteiger partial charge is 0.338 e. The number of ether oxygens (including phenoxy) is 2. The molecule has 2 aromatic carbocycles. The molecule has 0 aliphatic heterocycles. The minimum absolute atomic E-state index is 0.251. The fourth-order valence-electron chi connectivity index (χ4n) is 4.60. The number of nitrogens with two attached hydrogens (primary N) is 1. The number of likely N-dealkylation sites (N-methyl/N-ethyl adjacent to an activating group) is 2. The van der Waals surface area contributed by atoms with E-state index in [1.165, 1.54) is 10.6 Å². The summed E-state index contributed by atoms with van der Waals surface area (Å²) in [6.07, 6.45) is 3.92. The summed E-state index contributed by atoms with van der Waals surface area (Å²) in [5.74, 6) is -0.969. The zero-order chi connectivity index (χ0) is 32.7. The molecule has 2 aromatic heterocycles. The van der Waals surface area contributed by atoms with E-state index in [-0.39, 0.29) is 5.95 Å². The van der Waals surface area contributed by atoms with Gasteiger partial charge in [0.15, 0.2) is 0 Å². The molecule has 0 atom stereocenters. The number of anilines is 4. The van der Waals surface area contributed by atoms with Crippen LogP contribution >= 0.6 is 0 Å². The van der Waals surface area contributed by atoms with E-state index in [9.17, 15) is 18.4 Å². The third-order valence-corrected chi connectivity index (χ3v) is 6.84. The van der Waals surface area contributed by atoms with Crippen LogP contribution in [-0.4, -0.2) is 79.1 Å². The molecule has 0 aliphatic carbocycles. The largest absolute Gasteiger partial charge is 0.494 e. The molecule has 0 fully saturated rings. The maximum absolute atomic E-state index is 13.5. The highest BCUT2D eigenvalue weighted by molar-refractivity contribution is 5.99. The summed E-state index contributed by atoms with van der Waals surface area (Å²) >= 11 is 0. The zero-order valence-corrected chi connectivity index (χ0v) is 25.5. The quantitative estimate of drug-likeness (QED) is 0.0917. The molecule has 2 heterocycles. The van der Waals surface area contributed by atoms with Crippen LogP contribution in [0.2, 0.25) is 0 Å². The van der Waals surface area contributed by atoms with E-state index < -0.39 is 24.9 Å². The highest BCUT2D eigenvalue weighted by atomic mass is 19.3. The number of esters is 2. The fraction of sp³-hybridized carbons (Fsp3) is 0.250. The van der Waals surface area contributed by atoms with Crippen molar-refractivity contribution >= 4 is 51.9 Å². The van der Waals surface area contributed by atoms with Gasteiger partial charge < -0.3 is 34.9 Å². The zero-order valence-electron chi connectivity index (χ0n) is 25.5. The lowest BCUT2D eigenvalue weighted by Crippen LogP contribution is -2.29. The van der Waals surface area contributed by atoms with Gasteiger partial charge in [-0.05, 0) is 43.9 Å². The van der Waals surface area contributed by atoms with Crippen LogP contribution in [0.3, 0.4) is 0 Å². The molecule has 3 N–H and O–H groups in total. The number of rotatable bonds is 13. The average Bonchev–Trinajstić information content (AvgIpc) is 3.35. The molecule has 0 saturated carbocycles. The first-order valence-corrected chi connectivity index (χ1v) is 13.9. The standard InChI is InChI=1S/C32H35F2N7O4/c1-6-30(42)45-31(43)10-8-20-7-9-21-22(18-41(19-29(33)34)26(21)15-20)24-11-12-36-32(37-24)38-25-16-23(35)27(17-28(25)44-5)40(4)14-13-39(2)3/h6-12,15-18,29H,1,13-14,19,35H2,2-5H3,(H,36,37,38)/b10-8+. The molecule has 13 heteroatoms. The summed E-state index contributed by atoms with van der Waals surface area (Å²) in [6.45, 7) is 4.29. The lowest BCUT2D eigenvalue weighted by Gasteiger charge is -2.24. The van der Waals surface area contributed by atoms with E-state index in [0.717, 1.165) is 30.9 Å². The van der Waals surface area contributed by atoms with Gasteiger partial charge in [-0.3, -0.25) is 0 Å². The third kappa shape index (κ3) is 8.21. The number of nitrogens with one attached hydrogen (secondary N) is 1. The summed E-state index contributed by atoms with van der Waals surface area (Å²) in [6, 6.07) is 10.4. The number of halogens is 2. The molecular weight excluding hydrogens is 584 g/mol. The number of carbonyl (C=O) groups excluding carboxylic acids is 2. The van der Waals surface area contributed by atoms with Gasteiger partial charge in [0, 0.05) is 67.2 Å². The van der Waals surface area contributed by atoms with Gasteiger partial charge in [-0.25, -0.2) is 28.3 Å². The number of aromatic nitrogens is 3. The summed E-state index contributed by atoms with van der Waals surface area (Å²) in [5.41, 5.74) is 10.5. The van der Waals surface area contributed by atoms with Gasteiger partial charge in [0.25, 0.3) is 6.43 Å². The van der Waals surface area contributed by atoms with E-state index >= 15 is 0 Å². The molecule has 4 rings (SSSR count). The van der Waals surface area contributed by atoms with Crippen molar-refractivity contribution in [3.8, 4) is 17.0 Å². The van der Waals surface area contributed by atoms with E-state index in [2.05, 4.69) is 31.5 Å². The Morgan fingerprint density at radius 3 is 2.60 bits per heavy atom. The third-order valence-electron chi connectivity index (χ3n) is 6.84. The Morgan fingerprint density at radius 2 is 1.91 bits per heavy atom. The van der Waals surface area contributed by atoms with Crippen molar-refractivity contribution in [3.63, 3.8) is 0 Å². The number of methoxy groups -OCH3 is 1. The van der Waals surface area contributed by atoms with Crippen molar-refractivity contribution in [1.29, 1.82) is 0 Å². The van der Waals surface area contributed by atoms with Crippen LogP contribution < -0.4 is 20.7 Å². The molecular formula is C32H35F2N7O4. The maximum atomic E-state index is 13.5. The Morgan fingerprint density at radius 1 is 1.13 bits per heavy atom. The van der Waals surface area contributed by atoms with Gasteiger partial charge in [-0.1, -0.05) is 18.7 Å². The van der Waals surface area contributed by atoms with Crippen LogP contribution in [0.1, 0.15) is 5.56 Å². The number of benzene rings is 2. The number of nitrogen functional groups attached to an aromatic ring is 1. The van der Waals surface area contributed by atoms with Crippen molar-refractivity contribution in [3.05, 3.63) is 73.1 Å². The van der Waals surface area contributed by atoms with Crippen molar-refractivity contribution < 1.29 is 27.8 Å². The number of hydrogen-bond donors (Lipinski definition) is 2. The number of carbonyl (C=O) groups is 2. The molecule has 0 bridgehead atoms. The fourth-order valence-corrected chi connectivity index (χ4v) is 4.60. The summed E-state index contributed by atoms with van der Waals surface area (Å²) in [5, 5.41) is 3.83. The van der Waals surface area contributed by atoms with E-state index in [4.69, 9.17) is 10.5 Å². The van der Waals surface area contributed by atoms with Crippen LogP contribution in [-0.2, 0) is 20.9 Å². The molecule has 0 unspecified atom stereocenters. The number of fused-ring (bicyclic) bond motifs is 1. The number of alkyl halides is 2. The summed E-state index contributed by atoms with van der Waals surface area (Å²) in [4.78, 5) is 36.2. The van der Waals surface area contributed by atoms with E-state index in [1.54, 1.807) is 49.8 Å². The van der Waals surface area contributed by atoms with Gasteiger partial charge >= 0.3 is 11.9 Å². The van der Waals surface area contributed by atoms with Gasteiger partial charge in [-0.15, -0.1) is 0 Å². The average molecular weight is 620 g/mol. The molecule has 0 amide bonds. The summed E-state index contributed by atoms with van der Waals surface area (Å²) < 4.78 is 38.7. The lowest BCUT2D eigenvalue weighted by molar-refractivity contribution is -0.152. The second-order valence-electron chi connectivity index (χ2n) is 10.4. The molecule has 236 valence electrons. The highest BCUT2D eigenvalue weighted by Gasteiger charge is 2.17. The van der Waals surface area contributed by atoms with Crippen molar-refractivity contribution in [2.24, 2.45) is 0 Å². The second kappa shape index (κ2) is 14.4. The SMILES string of the molecule is C=CC(=O)OC(=O)/C=C/c1ccc2c(-c3ccnc(Nc4cc(N)c(N(C)CCN(C)C)cc4OC)n3)cn(CC(F)F)c2c1. The van der Waals surface area contributed by atoms with Gasteiger partial charge in [0.2, 0.25) is 5.95 Å². The van der Waals surface area contributed by atoms with Crippen LogP contribution in [0, 0.1) is 0 Å². The summed E-state index contributed by atoms with van der Waals surface area (Å²) in [7, 11) is 7.52. The molecule has 4 aromatic rings. The normalized spacial score (nSPS) is 11.4. The highest BCUT2D eigenvalue weighted by Crippen LogP contribution is 2.37. The first kappa shape index (κ1) is 32.6. The van der Waals surface area contributed by atoms with Crippen molar-refractivity contribution in [1.82, 2.24) is 19.4 Å². The van der Waals surface area contributed by atoms with Gasteiger partial charge in [0.1, 0.15) is 5.75 Å². The van der Waals surface area contributed by atoms with Gasteiger partial charge in [0.05, 0.1) is 36.4 Å². The van der Waals surface area contributed by atoms with Crippen LogP contribution in [0.15, 0.2) is 67.5 Å². The second-order valence-corrected chi connectivity index (χ2v) is 10.4. The minimum atomic E-state index is -2.61. The molecule has 0 radical (unpaired) electrons. The maximum Gasteiger partial charge on any atom is 0.338 e. The molecule has 45 heavy (non-hydrogen) atoms. The van der Waals surface area contributed by atoms with Gasteiger partial charge in [-0.2, -0.15) is 0 Å². The topological polar surface area (TPSA) is 128 Å². The molecule has 11 nitrogen and oxygen atoms in total. The van der Waals surface area contributed by atoms with Crippen LogP contribution in [0.25, 0.3) is 28.2 Å². The lowest BCUT2D eigenvalue weighted by atomic mass is 10.1.